The molecule has 0 aliphatic carbocycles. The summed E-state index contributed by atoms with van der Waals surface area (Å²) in [6, 6.07) is 1.79. The fourth-order valence-corrected chi connectivity index (χ4v) is 2.54. The summed E-state index contributed by atoms with van der Waals surface area (Å²) in [6.07, 6.45) is 6.15. The maximum absolute atomic E-state index is 15.1. The first-order valence-corrected chi connectivity index (χ1v) is 7.12. The Bertz CT molecular complexity index is 403. The van der Waals surface area contributed by atoms with Crippen LogP contribution >= 0.6 is 0 Å². The van der Waals surface area contributed by atoms with Crippen LogP contribution in [0.15, 0.2) is 18.5 Å². The van der Waals surface area contributed by atoms with Crippen LogP contribution in [0.1, 0.15) is 38.7 Å². The van der Waals surface area contributed by atoms with Gasteiger partial charge in [0.15, 0.2) is 0 Å². The average molecular weight is 266 g/mol. The third kappa shape index (κ3) is 3.44. The maximum Gasteiger partial charge on any atom is 0.138 e. The Balaban J connectivity index is 2.14. The number of ether oxygens (including phenoxy) is 1. The highest BCUT2D eigenvalue weighted by atomic mass is 19.1. The summed E-state index contributed by atoms with van der Waals surface area (Å²) in [7, 11) is 0. The molecule has 0 spiro atoms. The number of halogens is 1. The molecular weight excluding hydrogens is 243 g/mol. The van der Waals surface area contributed by atoms with Gasteiger partial charge in [0.1, 0.15) is 11.4 Å². The third-order valence-electron chi connectivity index (χ3n) is 3.81. The molecule has 0 radical (unpaired) electrons. The highest BCUT2D eigenvalue weighted by molar-refractivity contribution is 5.28. The van der Waals surface area contributed by atoms with Crippen molar-refractivity contribution in [3.63, 3.8) is 0 Å². The number of piperidine rings is 1. The lowest BCUT2D eigenvalue weighted by atomic mass is 9.81. The van der Waals surface area contributed by atoms with Crippen molar-refractivity contribution >= 4 is 0 Å². The van der Waals surface area contributed by atoms with E-state index in [2.05, 4.69) is 10.3 Å². The molecule has 1 aromatic heterocycles. The number of hydrogen-bond acceptors (Lipinski definition) is 3. The highest BCUT2D eigenvalue weighted by Crippen LogP contribution is 2.38. The Labute approximate surface area is 114 Å². The van der Waals surface area contributed by atoms with Crippen LogP contribution in [0.25, 0.3) is 0 Å². The van der Waals surface area contributed by atoms with Crippen molar-refractivity contribution in [2.24, 2.45) is 5.92 Å². The van der Waals surface area contributed by atoms with Gasteiger partial charge in [0.25, 0.3) is 0 Å². The van der Waals surface area contributed by atoms with Gasteiger partial charge in [-0.3, -0.25) is 4.98 Å². The molecule has 2 atom stereocenters. The number of aromatic nitrogens is 1. The first-order chi connectivity index (χ1) is 9.14. The van der Waals surface area contributed by atoms with E-state index >= 15 is 4.39 Å². The quantitative estimate of drug-likeness (QED) is 0.889. The van der Waals surface area contributed by atoms with Gasteiger partial charge in [0.05, 0.1) is 12.8 Å². The van der Waals surface area contributed by atoms with Crippen LogP contribution in [-0.4, -0.2) is 24.7 Å². The smallest absolute Gasteiger partial charge is 0.138 e. The van der Waals surface area contributed by atoms with E-state index in [0.29, 0.717) is 17.9 Å². The number of hydrogen-bond donors (Lipinski definition) is 1. The lowest BCUT2D eigenvalue weighted by Crippen LogP contribution is -2.40. The molecule has 0 bridgehead atoms. The normalized spacial score (nSPS) is 22.8. The predicted octanol–water partition coefficient (Wildman–Crippen LogP) is 3.05. The van der Waals surface area contributed by atoms with Crippen LogP contribution in [0.4, 0.5) is 4.39 Å². The zero-order valence-electron chi connectivity index (χ0n) is 11.8. The Morgan fingerprint density at radius 3 is 3.05 bits per heavy atom. The van der Waals surface area contributed by atoms with Gasteiger partial charge in [-0.1, -0.05) is 6.92 Å². The minimum Gasteiger partial charge on any atom is -0.492 e. The predicted molar refractivity (Wildman–Crippen MR) is 74.1 cm³/mol. The van der Waals surface area contributed by atoms with Crippen LogP contribution in [0, 0.1) is 5.92 Å². The fourth-order valence-electron chi connectivity index (χ4n) is 2.54. The van der Waals surface area contributed by atoms with Gasteiger partial charge in [0.2, 0.25) is 0 Å². The first kappa shape index (κ1) is 14.3. The zero-order valence-corrected chi connectivity index (χ0v) is 11.8. The van der Waals surface area contributed by atoms with E-state index in [9.17, 15) is 0 Å². The van der Waals surface area contributed by atoms with E-state index in [0.717, 1.165) is 32.4 Å². The number of nitrogens with zero attached hydrogens (tertiary/aromatic N) is 1. The Morgan fingerprint density at radius 1 is 1.53 bits per heavy atom. The number of alkyl halides is 1. The molecule has 0 amide bonds. The molecule has 1 N–H and O–H groups in total. The van der Waals surface area contributed by atoms with Crippen molar-refractivity contribution < 1.29 is 9.13 Å². The van der Waals surface area contributed by atoms with E-state index in [4.69, 9.17) is 4.74 Å². The van der Waals surface area contributed by atoms with Crippen LogP contribution < -0.4 is 10.1 Å². The third-order valence-corrected chi connectivity index (χ3v) is 3.81. The molecule has 1 aliphatic rings. The summed E-state index contributed by atoms with van der Waals surface area (Å²) in [5.74, 6) is 0.663. The molecule has 4 heteroatoms. The van der Waals surface area contributed by atoms with Crippen molar-refractivity contribution in [1.29, 1.82) is 0 Å². The summed E-state index contributed by atoms with van der Waals surface area (Å²) >= 11 is 0. The van der Waals surface area contributed by atoms with E-state index in [1.165, 1.54) is 0 Å². The van der Waals surface area contributed by atoms with E-state index in [1.807, 2.05) is 6.92 Å². The second-order valence-electron chi connectivity index (χ2n) is 5.38. The van der Waals surface area contributed by atoms with Crippen LogP contribution in [0.2, 0.25) is 0 Å². The van der Waals surface area contributed by atoms with E-state index in [1.54, 1.807) is 25.4 Å². The van der Waals surface area contributed by atoms with Crippen molar-refractivity contribution in [1.82, 2.24) is 10.3 Å². The van der Waals surface area contributed by atoms with Gasteiger partial charge in [0, 0.05) is 24.2 Å². The standard InChI is InChI=1S/C15H23FN2O/c1-3-7-19-14-8-13(10-18-11-14)15(2,16)12-5-4-6-17-9-12/h8,10-12,17H,3-7,9H2,1-2H3. The Kier molecular flexibility index (Phi) is 4.75. The topological polar surface area (TPSA) is 34.1 Å². The second kappa shape index (κ2) is 6.33. The maximum atomic E-state index is 15.1. The van der Waals surface area contributed by atoms with Crippen molar-refractivity contribution in [2.75, 3.05) is 19.7 Å². The zero-order chi connectivity index (χ0) is 13.7. The molecule has 2 rings (SSSR count). The molecular formula is C15H23FN2O. The SMILES string of the molecule is CCCOc1cncc(C(C)(F)C2CCCNC2)c1. The molecule has 1 aliphatic heterocycles. The summed E-state index contributed by atoms with van der Waals surface area (Å²) in [6.45, 7) is 6.06. The molecule has 106 valence electrons. The lowest BCUT2D eigenvalue weighted by molar-refractivity contribution is 0.0804. The minimum absolute atomic E-state index is 0.00414. The molecule has 2 heterocycles. The van der Waals surface area contributed by atoms with Gasteiger partial charge in [-0.05, 0) is 38.8 Å². The molecule has 0 aromatic carbocycles. The Hall–Kier alpha value is -1.16. The Morgan fingerprint density at radius 2 is 2.37 bits per heavy atom. The molecule has 0 saturated carbocycles. The van der Waals surface area contributed by atoms with Crippen molar-refractivity contribution in [2.45, 2.75) is 38.8 Å². The highest BCUT2D eigenvalue weighted by Gasteiger charge is 2.37. The second-order valence-corrected chi connectivity index (χ2v) is 5.38. The monoisotopic (exact) mass is 266 g/mol. The average Bonchev–Trinajstić information content (AvgIpc) is 2.46. The van der Waals surface area contributed by atoms with Gasteiger partial charge < -0.3 is 10.1 Å². The molecule has 2 unspecified atom stereocenters. The molecule has 19 heavy (non-hydrogen) atoms. The van der Waals surface area contributed by atoms with Crippen molar-refractivity contribution in [3.8, 4) is 5.75 Å². The lowest BCUT2D eigenvalue weighted by Gasteiger charge is -2.34. The summed E-state index contributed by atoms with van der Waals surface area (Å²) in [5.41, 5.74) is -0.735. The van der Waals surface area contributed by atoms with E-state index < -0.39 is 5.67 Å². The van der Waals surface area contributed by atoms with E-state index in [-0.39, 0.29) is 5.92 Å². The van der Waals surface area contributed by atoms with Crippen LogP contribution in [0.5, 0.6) is 5.75 Å². The van der Waals surface area contributed by atoms with Gasteiger partial charge >= 0.3 is 0 Å². The number of nitrogens with one attached hydrogen (secondary N) is 1. The van der Waals surface area contributed by atoms with Crippen molar-refractivity contribution in [3.05, 3.63) is 24.0 Å². The molecule has 3 nitrogen and oxygen atoms in total. The summed E-state index contributed by atoms with van der Waals surface area (Å²) < 4.78 is 20.6. The number of pyridine rings is 1. The summed E-state index contributed by atoms with van der Waals surface area (Å²) in [4.78, 5) is 4.11. The van der Waals surface area contributed by atoms with Gasteiger partial charge in [-0.2, -0.15) is 0 Å². The molecule has 1 saturated heterocycles. The largest absolute Gasteiger partial charge is 0.492 e. The van der Waals surface area contributed by atoms with Crippen LogP contribution in [0.3, 0.4) is 0 Å². The van der Waals surface area contributed by atoms with Crippen LogP contribution in [-0.2, 0) is 5.67 Å². The van der Waals surface area contributed by atoms with Gasteiger partial charge in [-0.25, -0.2) is 4.39 Å². The minimum atomic E-state index is -1.36. The fraction of sp³-hybridized carbons (Fsp3) is 0.667. The first-order valence-electron chi connectivity index (χ1n) is 7.12. The number of rotatable bonds is 5. The van der Waals surface area contributed by atoms with Gasteiger partial charge in [-0.15, -0.1) is 0 Å². The molecule has 1 aromatic rings. The molecule has 1 fully saturated rings. The summed E-state index contributed by atoms with van der Waals surface area (Å²) in [5, 5.41) is 3.27.